The van der Waals surface area contributed by atoms with Crippen LogP contribution in [0.1, 0.15) is 9.67 Å². The van der Waals surface area contributed by atoms with Gasteiger partial charge in [-0.3, -0.25) is 4.98 Å². The van der Waals surface area contributed by atoms with E-state index in [1.54, 1.807) is 6.20 Å². The third-order valence-electron chi connectivity index (χ3n) is 2.89. The smallest absolute Gasteiger partial charge is 0.350 e. The Balaban J connectivity index is 2.40. The molecule has 96 valence electrons. The number of nitrogens with two attached hydrogens (primary N) is 1. The quantitative estimate of drug-likeness (QED) is 0.690. The third kappa shape index (κ3) is 1.87. The minimum atomic E-state index is -0.413. The van der Waals surface area contributed by atoms with Crippen molar-refractivity contribution in [3.63, 3.8) is 0 Å². The number of pyridine rings is 1. The van der Waals surface area contributed by atoms with E-state index in [-0.39, 0.29) is 0 Å². The predicted molar refractivity (Wildman–Crippen MR) is 80.6 cm³/mol. The summed E-state index contributed by atoms with van der Waals surface area (Å²) < 4.78 is 6.66. The molecule has 0 fully saturated rings. The largest absolute Gasteiger partial charge is 0.465 e. The summed E-state index contributed by atoms with van der Waals surface area (Å²) in [4.78, 5) is 16.5. The Morgan fingerprint density at radius 2 is 2.21 bits per heavy atom. The van der Waals surface area contributed by atoms with Crippen LogP contribution in [-0.4, -0.2) is 18.1 Å². The predicted octanol–water partition coefficient (Wildman–Crippen LogP) is 3.58. The van der Waals surface area contributed by atoms with Crippen LogP contribution in [-0.2, 0) is 4.74 Å². The zero-order chi connectivity index (χ0) is 13.6. The monoisotopic (exact) mass is 336 g/mol. The van der Waals surface area contributed by atoms with Gasteiger partial charge in [0.1, 0.15) is 4.88 Å². The fraction of sp³-hybridized carbons (Fsp3) is 0.0769. The summed E-state index contributed by atoms with van der Waals surface area (Å²) in [7, 11) is 1.35. The van der Waals surface area contributed by atoms with Gasteiger partial charge in [0, 0.05) is 26.1 Å². The molecule has 3 aromatic rings. The van der Waals surface area contributed by atoms with Crippen LogP contribution in [0.5, 0.6) is 0 Å². The molecule has 2 aromatic heterocycles. The molecule has 3 rings (SSSR count). The molecule has 0 saturated heterocycles. The van der Waals surface area contributed by atoms with Gasteiger partial charge in [-0.1, -0.05) is 22.0 Å². The number of hydrogen-bond acceptors (Lipinski definition) is 5. The van der Waals surface area contributed by atoms with Gasteiger partial charge in [0.25, 0.3) is 0 Å². The summed E-state index contributed by atoms with van der Waals surface area (Å²) in [6.45, 7) is 0. The molecule has 0 radical (unpaired) electrons. The topological polar surface area (TPSA) is 65.2 Å². The number of rotatable bonds is 1. The molecule has 0 atom stereocenters. The molecule has 2 N–H and O–H groups in total. The number of hydrogen-bond donors (Lipinski definition) is 1. The molecular formula is C13H9BrN2O2S. The highest BCUT2D eigenvalue weighted by Gasteiger charge is 2.18. The van der Waals surface area contributed by atoms with Crippen molar-refractivity contribution in [1.82, 2.24) is 4.98 Å². The number of nitrogens with zero attached hydrogens (tertiary/aromatic N) is 1. The van der Waals surface area contributed by atoms with Gasteiger partial charge in [0.05, 0.1) is 18.3 Å². The van der Waals surface area contributed by atoms with Gasteiger partial charge in [0.15, 0.2) is 0 Å². The maximum Gasteiger partial charge on any atom is 0.350 e. The Bertz CT molecular complexity index is 813. The van der Waals surface area contributed by atoms with Crippen molar-refractivity contribution < 1.29 is 9.53 Å². The molecule has 0 bridgehead atoms. The standard InChI is InChI=1S/C13H9BrN2O2S/c1-18-13(17)12-10(15)8-5-16-9-4-6(14)2-3-7(9)11(8)19-12/h2-5H,15H2,1H3. The van der Waals surface area contributed by atoms with Crippen molar-refractivity contribution in [1.29, 1.82) is 0 Å². The van der Waals surface area contributed by atoms with Gasteiger partial charge in [0.2, 0.25) is 0 Å². The van der Waals surface area contributed by atoms with Crippen LogP contribution in [0.4, 0.5) is 5.69 Å². The molecule has 0 aliphatic rings. The maximum atomic E-state index is 11.7. The van der Waals surface area contributed by atoms with E-state index in [1.165, 1.54) is 18.4 Å². The average Bonchev–Trinajstić information content (AvgIpc) is 2.75. The second kappa shape index (κ2) is 4.47. The molecule has 0 unspecified atom stereocenters. The van der Waals surface area contributed by atoms with E-state index in [0.717, 1.165) is 25.5 Å². The van der Waals surface area contributed by atoms with Crippen molar-refractivity contribution >= 4 is 59.9 Å². The molecule has 1 aromatic carbocycles. The van der Waals surface area contributed by atoms with Gasteiger partial charge in [-0.15, -0.1) is 11.3 Å². The number of anilines is 1. The van der Waals surface area contributed by atoms with Crippen LogP contribution >= 0.6 is 27.3 Å². The molecule has 0 saturated carbocycles. The lowest BCUT2D eigenvalue weighted by Gasteiger charge is -1.99. The Morgan fingerprint density at radius 1 is 1.42 bits per heavy atom. The summed E-state index contributed by atoms with van der Waals surface area (Å²) in [5.41, 5.74) is 7.29. The Hall–Kier alpha value is -1.66. The molecule has 2 heterocycles. The maximum absolute atomic E-state index is 11.7. The molecule has 0 spiro atoms. The number of thiophene rings is 1. The molecule has 4 nitrogen and oxygen atoms in total. The highest BCUT2D eigenvalue weighted by molar-refractivity contribution is 9.10. The number of methoxy groups -OCH3 is 1. The average molecular weight is 337 g/mol. The number of halogens is 1. The summed E-state index contributed by atoms with van der Waals surface area (Å²) >= 11 is 4.75. The molecule has 0 aliphatic heterocycles. The van der Waals surface area contributed by atoms with Crippen LogP contribution in [0.3, 0.4) is 0 Å². The van der Waals surface area contributed by atoms with Crippen molar-refractivity contribution in [2.75, 3.05) is 12.8 Å². The highest BCUT2D eigenvalue weighted by Crippen LogP contribution is 2.38. The SMILES string of the molecule is COC(=O)c1sc2c(cnc3cc(Br)ccc32)c1N. The number of aromatic nitrogens is 1. The lowest BCUT2D eigenvalue weighted by molar-refractivity contribution is 0.0607. The number of ether oxygens (including phenoxy) is 1. The van der Waals surface area contributed by atoms with E-state index in [0.29, 0.717) is 10.6 Å². The first-order chi connectivity index (χ1) is 9.11. The van der Waals surface area contributed by atoms with Crippen molar-refractivity contribution in [3.8, 4) is 0 Å². The Morgan fingerprint density at radius 3 is 2.95 bits per heavy atom. The van der Waals surface area contributed by atoms with Crippen LogP contribution in [0.25, 0.3) is 21.0 Å². The fourth-order valence-corrected chi connectivity index (χ4v) is 3.46. The van der Waals surface area contributed by atoms with Gasteiger partial charge >= 0.3 is 5.97 Å². The van der Waals surface area contributed by atoms with Gasteiger partial charge in [-0.05, 0) is 12.1 Å². The molecular weight excluding hydrogens is 328 g/mol. The third-order valence-corrected chi connectivity index (χ3v) is 4.62. The Kier molecular flexibility index (Phi) is 2.91. The van der Waals surface area contributed by atoms with Crippen LogP contribution in [0, 0.1) is 0 Å². The number of carbonyl (C=O) groups is 1. The number of nitrogen functional groups attached to an aromatic ring is 1. The second-order valence-corrected chi connectivity index (χ2v) is 5.94. The zero-order valence-electron chi connectivity index (χ0n) is 9.94. The summed E-state index contributed by atoms with van der Waals surface area (Å²) in [5.74, 6) is -0.413. The van der Waals surface area contributed by atoms with Crippen LogP contribution in [0.15, 0.2) is 28.9 Å². The van der Waals surface area contributed by atoms with Gasteiger partial charge in [-0.2, -0.15) is 0 Å². The van der Waals surface area contributed by atoms with E-state index in [2.05, 4.69) is 20.9 Å². The first-order valence-electron chi connectivity index (χ1n) is 5.46. The minimum absolute atomic E-state index is 0.413. The zero-order valence-corrected chi connectivity index (χ0v) is 12.3. The molecule has 0 aliphatic carbocycles. The summed E-state index contributed by atoms with van der Waals surface area (Å²) in [6.07, 6.45) is 1.70. The fourth-order valence-electron chi connectivity index (χ4n) is 1.97. The lowest BCUT2D eigenvalue weighted by Crippen LogP contribution is -2.01. The van der Waals surface area contributed by atoms with Crippen molar-refractivity contribution in [2.24, 2.45) is 0 Å². The lowest BCUT2D eigenvalue weighted by atomic mass is 10.1. The minimum Gasteiger partial charge on any atom is -0.465 e. The van der Waals surface area contributed by atoms with Gasteiger partial charge in [-0.25, -0.2) is 4.79 Å². The van der Waals surface area contributed by atoms with E-state index in [4.69, 9.17) is 10.5 Å². The van der Waals surface area contributed by atoms with Crippen molar-refractivity contribution in [3.05, 3.63) is 33.7 Å². The normalized spacial score (nSPS) is 11.1. The first-order valence-corrected chi connectivity index (χ1v) is 7.07. The summed E-state index contributed by atoms with van der Waals surface area (Å²) in [6, 6.07) is 5.84. The van der Waals surface area contributed by atoms with Crippen LogP contribution in [0.2, 0.25) is 0 Å². The van der Waals surface area contributed by atoms with Crippen LogP contribution < -0.4 is 5.73 Å². The van der Waals surface area contributed by atoms with Crippen molar-refractivity contribution in [2.45, 2.75) is 0 Å². The van der Waals surface area contributed by atoms with E-state index >= 15 is 0 Å². The van der Waals surface area contributed by atoms with E-state index in [1.807, 2.05) is 18.2 Å². The second-order valence-electron chi connectivity index (χ2n) is 4.00. The Labute approximate surface area is 121 Å². The van der Waals surface area contributed by atoms with E-state index in [9.17, 15) is 4.79 Å². The highest BCUT2D eigenvalue weighted by atomic mass is 79.9. The number of esters is 1. The van der Waals surface area contributed by atoms with Gasteiger partial charge < -0.3 is 10.5 Å². The molecule has 19 heavy (non-hydrogen) atoms. The summed E-state index contributed by atoms with van der Waals surface area (Å²) in [5, 5.41) is 1.77. The molecule has 0 amide bonds. The molecule has 6 heteroatoms. The van der Waals surface area contributed by atoms with E-state index < -0.39 is 5.97 Å². The first kappa shape index (κ1) is 12.4. The number of fused-ring (bicyclic) bond motifs is 3. The number of benzene rings is 1. The number of carbonyl (C=O) groups excluding carboxylic acids is 1.